The topological polar surface area (TPSA) is 63.6 Å². The van der Waals surface area contributed by atoms with Crippen LogP contribution in [0.3, 0.4) is 0 Å². The zero-order chi connectivity index (χ0) is 14.8. The molecule has 1 heterocycles. The lowest BCUT2D eigenvalue weighted by atomic mass is 9.84. The van der Waals surface area contributed by atoms with E-state index in [-0.39, 0.29) is 29.5 Å². The van der Waals surface area contributed by atoms with Crippen molar-refractivity contribution in [3.63, 3.8) is 0 Å². The third kappa shape index (κ3) is 2.65. The van der Waals surface area contributed by atoms with Gasteiger partial charge in [-0.1, -0.05) is 36.4 Å². The number of carbonyl (C=O) groups is 2. The molecule has 1 aromatic rings. The maximum absolute atomic E-state index is 12.0. The van der Waals surface area contributed by atoms with Crippen LogP contribution in [0.15, 0.2) is 59.9 Å². The lowest BCUT2D eigenvalue weighted by Crippen LogP contribution is -2.25. The third-order valence-corrected chi connectivity index (χ3v) is 3.63. The number of allylic oxidation sites excluding steroid dienone is 2. The Morgan fingerprint density at radius 1 is 1.24 bits per heavy atom. The van der Waals surface area contributed by atoms with Gasteiger partial charge in [0, 0.05) is 11.5 Å². The number of benzene rings is 1. The smallest absolute Gasteiger partial charge is 0.307 e. The van der Waals surface area contributed by atoms with Gasteiger partial charge < -0.3 is 9.84 Å². The summed E-state index contributed by atoms with van der Waals surface area (Å²) in [7, 11) is 0. The molecule has 0 amide bonds. The van der Waals surface area contributed by atoms with E-state index in [4.69, 9.17) is 4.74 Å². The Kier molecular flexibility index (Phi) is 3.44. The first kappa shape index (κ1) is 13.4. The second kappa shape index (κ2) is 5.40. The van der Waals surface area contributed by atoms with Crippen molar-refractivity contribution in [1.82, 2.24) is 0 Å². The molecule has 4 nitrogen and oxygen atoms in total. The summed E-state index contributed by atoms with van der Waals surface area (Å²) in [6.45, 7) is 0. The van der Waals surface area contributed by atoms with E-state index in [1.54, 1.807) is 12.2 Å². The molecular weight excluding hydrogens is 268 g/mol. The number of hydrogen-bond donors (Lipinski definition) is 1. The SMILES string of the molecule is O=C1C[C@@H]2/C(=C(O)\C=C\c3ccccc3)C(=O)C=C[C@@H]2O1. The number of hydrogen-bond acceptors (Lipinski definition) is 4. The summed E-state index contributed by atoms with van der Waals surface area (Å²) in [5.74, 6) is -1.12. The minimum Gasteiger partial charge on any atom is -0.508 e. The van der Waals surface area contributed by atoms with Crippen LogP contribution in [-0.4, -0.2) is 23.0 Å². The van der Waals surface area contributed by atoms with Crippen LogP contribution in [-0.2, 0) is 14.3 Å². The van der Waals surface area contributed by atoms with Crippen LogP contribution in [0.4, 0.5) is 0 Å². The maximum Gasteiger partial charge on any atom is 0.307 e. The molecule has 1 saturated heterocycles. The molecule has 2 aliphatic rings. The van der Waals surface area contributed by atoms with Crippen molar-refractivity contribution >= 4 is 17.8 Å². The Morgan fingerprint density at radius 3 is 2.76 bits per heavy atom. The van der Waals surface area contributed by atoms with Gasteiger partial charge in [-0.25, -0.2) is 0 Å². The van der Waals surface area contributed by atoms with E-state index >= 15 is 0 Å². The zero-order valence-electron chi connectivity index (χ0n) is 11.2. The van der Waals surface area contributed by atoms with Crippen molar-refractivity contribution in [3.05, 3.63) is 65.5 Å². The average molecular weight is 282 g/mol. The lowest BCUT2D eigenvalue weighted by molar-refractivity contribution is -0.140. The van der Waals surface area contributed by atoms with Gasteiger partial charge >= 0.3 is 5.97 Å². The number of fused-ring (bicyclic) bond motifs is 1. The Hall–Kier alpha value is -2.62. The molecule has 0 radical (unpaired) electrons. The summed E-state index contributed by atoms with van der Waals surface area (Å²) >= 11 is 0. The molecule has 106 valence electrons. The van der Waals surface area contributed by atoms with Crippen molar-refractivity contribution < 1.29 is 19.4 Å². The quantitative estimate of drug-likeness (QED) is 0.514. The molecular formula is C17H14O4. The van der Waals surface area contributed by atoms with Crippen molar-refractivity contribution in [2.24, 2.45) is 5.92 Å². The fraction of sp³-hybridized carbons (Fsp3) is 0.176. The Balaban J connectivity index is 1.92. The molecule has 1 aliphatic carbocycles. The first-order chi connectivity index (χ1) is 10.1. The molecule has 3 rings (SSSR count). The normalized spacial score (nSPS) is 26.9. The van der Waals surface area contributed by atoms with Crippen LogP contribution >= 0.6 is 0 Å². The molecule has 0 aromatic heterocycles. The fourth-order valence-corrected chi connectivity index (χ4v) is 2.62. The predicted molar refractivity (Wildman–Crippen MR) is 77.3 cm³/mol. The lowest BCUT2D eigenvalue weighted by Gasteiger charge is -2.20. The maximum atomic E-state index is 12.0. The van der Waals surface area contributed by atoms with Gasteiger partial charge in [-0.05, 0) is 23.8 Å². The third-order valence-electron chi connectivity index (χ3n) is 3.63. The molecule has 4 heteroatoms. The Morgan fingerprint density at radius 2 is 2.00 bits per heavy atom. The number of ether oxygens (including phenoxy) is 1. The van der Waals surface area contributed by atoms with Gasteiger partial charge in [-0.2, -0.15) is 0 Å². The van der Waals surface area contributed by atoms with E-state index in [1.165, 1.54) is 12.2 Å². The highest BCUT2D eigenvalue weighted by atomic mass is 16.5. The summed E-state index contributed by atoms with van der Waals surface area (Å²) in [5, 5.41) is 10.2. The highest BCUT2D eigenvalue weighted by Crippen LogP contribution is 2.35. The molecule has 1 fully saturated rings. The number of aliphatic hydroxyl groups excluding tert-OH is 1. The summed E-state index contributed by atoms with van der Waals surface area (Å²) < 4.78 is 5.11. The minimum atomic E-state index is -0.447. The van der Waals surface area contributed by atoms with Gasteiger partial charge in [0.2, 0.25) is 0 Å². The highest BCUT2D eigenvalue weighted by Gasteiger charge is 2.41. The van der Waals surface area contributed by atoms with E-state index in [2.05, 4.69) is 0 Å². The van der Waals surface area contributed by atoms with Gasteiger partial charge in [0.1, 0.15) is 11.9 Å². The van der Waals surface area contributed by atoms with Crippen molar-refractivity contribution in [2.75, 3.05) is 0 Å². The first-order valence-corrected chi connectivity index (χ1v) is 6.73. The van der Waals surface area contributed by atoms with E-state index in [9.17, 15) is 14.7 Å². The van der Waals surface area contributed by atoms with E-state index in [0.29, 0.717) is 0 Å². The molecule has 2 atom stereocenters. The molecule has 0 unspecified atom stereocenters. The van der Waals surface area contributed by atoms with E-state index < -0.39 is 12.0 Å². The fourth-order valence-electron chi connectivity index (χ4n) is 2.62. The molecule has 0 saturated carbocycles. The van der Waals surface area contributed by atoms with Crippen LogP contribution in [0, 0.1) is 5.92 Å². The summed E-state index contributed by atoms with van der Waals surface area (Å²) in [6.07, 6.45) is 5.82. The first-order valence-electron chi connectivity index (χ1n) is 6.73. The highest BCUT2D eigenvalue weighted by molar-refractivity contribution is 6.07. The summed E-state index contributed by atoms with van der Waals surface area (Å²) in [6, 6.07) is 9.46. The largest absolute Gasteiger partial charge is 0.508 e. The number of ketones is 1. The molecule has 0 bridgehead atoms. The number of carbonyl (C=O) groups excluding carboxylic acids is 2. The molecule has 1 N–H and O–H groups in total. The monoisotopic (exact) mass is 282 g/mol. The van der Waals surface area contributed by atoms with Crippen LogP contribution in [0.2, 0.25) is 0 Å². The molecule has 0 spiro atoms. The summed E-state index contributed by atoms with van der Waals surface area (Å²) in [5.41, 5.74) is 1.17. The second-order valence-electron chi connectivity index (χ2n) is 5.03. The number of aliphatic hydroxyl groups is 1. The van der Waals surface area contributed by atoms with E-state index in [1.807, 2.05) is 30.3 Å². The minimum absolute atomic E-state index is 0.110. The molecule has 21 heavy (non-hydrogen) atoms. The van der Waals surface area contributed by atoms with Gasteiger partial charge in [0.15, 0.2) is 5.78 Å². The van der Waals surface area contributed by atoms with Crippen molar-refractivity contribution in [1.29, 1.82) is 0 Å². The van der Waals surface area contributed by atoms with Gasteiger partial charge in [0.05, 0.1) is 6.42 Å². The van der Waals surface area contributed by atoms with Crippen LogP contribution < -0.4 is 0 Å². The van der Waals surface area contributed by atoms with Crippen molar-refractivity contribution in [2.45, 2.75) is 12.5 Å². The number of rotatable bonds is 2. The molecule has 1 aromatic carbocycles. The van der Waals surface area contributed by atoms with Crippen molar-refractivity contribution in [3.8, 4) is 0 Å². The van der Waals surface area contributed by atoms with Crippen LogP contribution in [0.5, 0.6) is 0 Å². The Bertz CT molecular complexity index is 667. The van der Waals surface area contributed by atoms with Gasteiger partial charge in [0.25, 0.3) is 0 Å². The Labute approximate surface area is 122 Å². The van der Waals surface area contributed by atoms with Crippen LogP contribution in [0.25, 0.3) is 6.08 Å². The van der Waals surface area contributed by atoms with Gasteiger partial charge in [-0.3, -0.25) is 9.59 Å². The van der Waals surface area contributed by atoms with E-state index in [0.717, 1.165) is 5.56 Å². The summed E-state index contributed by atoms with van der Waals surface area (Å²) in [4.78, 5) is 23.4. The van der Waals surface area contributed by atoms with Gasteiger partial charge in [-0.15, -0.1) is 0 Å². The molecule has 1 aliphatic heterocycles. The zero-order valence-corrected chi connectivity index (χ0v) is 11.2. The average Bonchev–Trinajstić information content (AvgIpc) is 2.86. The second-order valence-corrected chi connectivity index (χ2v) is 5.03. The van der Waals surface area contributed by atoms with Crippen LogP contribution in [0.1, 0.15) is 12.0 Å². The standard InChI is InChI=1S/C17H14O4/c18-13(7-6-11-4-2-1-3-5-11)17-12-10-16(20)21-15(12)9-8-14(17)19/h1-9,12,15,18H,10H2/b7-6+,17-13-/t12-,15-/m0/s1. The number of esters is 1. The predicted octanol–water partition coefficient (Wildman–Crippen LogP) is 2.58.